The molecule has 2 aliphatic carbocycles. The highest BCUT2D eigenvalue weighted by molar-refractivity contribution is 5.91. The Morgan fingerprint density at radius 2 is 2.09 bits per heavy atom. The van der Waals surface area contributed by atoms with Crippen LogP contribution in [0.5, 0.6) is 0 Å². The third kappa shape index (κ3) is 8.62. The van der Waals surface area contributed by atoms with Crippen molar-refractivity contribution in [2.75, 3.05) is 13.7 Å². The van der Waals surface area contributed by atoms with Crippen LogP contribution in [0.2, 0.25) is 0 Å². The van der Waals surface area contributed by atoms with Crippen LogP contribution in [0.3, 0.4) is 0 Å². The molecule has 1 saturated heterocycles. The highest BCUT2D eigenvalue weighted by Gasteiger charge is 2.44. The number of carbonyl (C=O) groups excluding carboxylic acids is 2. The largest absolute Gasteiger partial charge is 0.469 e. The summed E-state index contributed by atoms with van der Waals surface area (Å²) in [5.74, 6) is 7.34. The normalized spacial score (nSPS) is 29.1. The smallest absolute Gasteiger partial charge is 0.305 e. The number of fused-ring (bicyclic) bond motifs is 1. The van der Waals surface area contributed by atoms with E-state index in [2.05, 4.69) is 24.0 Å². The van der Waals surface area contributed by atoms with Crippen LogP contribution in [-0.2, 0) is 23.8 Å². The van der Waals surface area contributed by atoms with Crippen molar-refractivity contribution >= 4 is 11.8 Å². The van der Waals surface area contributed by atoms with Crippen molar-refractivity contribution in [3.63, 3.8) is 0 Å². The molecule has 5 nitrogen and oxygen atoms in total. The Morgan fingerprint density at radius 1 is 1.23 bits per heavy atom. The van der Waals surface area contributed by atoms with Gasteiger partial charge in [0.1, 0.15) is 0 Å². The number of rotatable bonds is 11. The predicted octanol–water partition coefficient (Wildman–Crippen LogP) is 6.17. The number of ether oxygens (including phenoxy) is 3. The zero-order valence-electron chi connectivity index (χ0n) is 21.9. The van der Waals surface area contributed by atoms with Crippen molar-refractivity contribution in [3.8, 4) is 11.8 Å². The molecule has 1 heterocycles. The molecule has 0 amide bonds. The van der Waals surface area contributed by atoms with Crippen molar-refractivity contribution in [3.05, 3.63) is 23.8 Å². The van der Waals surface area contributed by atoms with Crippen molar-refractivity contribution in [1.82, 2.24) is 0 Å². The summed E-state index contributed by atoms with van der Waals surface area (Å²) in [6, 6.07) is 0. The highest BCUT2D eigenvalue weighted by atomic mass is 16.7. The van der Waals surface area contributed by atoms with Gasteiger partial charge in [-0.1, -0.05) is 31.6 Å². The zero-order valence-corrected chi connectivity index (χ0v) is 21.9. The van der Waals surface area contributed by atoms with Gasteiger partial charge in [-0.05, 0) is 75.7 Å². The minimum Gasteiger partial charge on any atom is -0.469 e. The van der Waals surface area contributed by atoms with Gasteiger partial charge in [0.25, 0.3) is 0 Å². The van der Waals surface area contributed by atoms with Crippen molar-refractivity contribution < 1.29 is 23.8 Å². The average molecular weight is 485 g/mol. The number of ketones is 1. The summed E-state index contributed by atoms with van der Waals surface area (Å²) in [4.78, 5) is 24.1. The number of unbranched alkanes of at least 4 members (excludes halogenated alkanes) is 1. The van der Waals surface area contributed by atoms with E-state index in [1.54, 1.807) is 6.08 Å². The van der Waals surface area contributed by atoms with Gasteiger partial charge in [-0.3, -0.25) is 9.59 Å². The Kier molecular flexibility index (Phi) is 11.6. The standard InChI is InChI=1S/C30H44O5/c1-4-5-6-11-22(2)27(31)18-17-26-25-16-15-23(12-7-8-13-29(32)33-3)20-24(25)21-28(26)35-30-14-9-10-19-34-30/h17-18,20,22,24-26,28,30H,4,7-16,19,21H2,1-3H3/t22?,24-,25+,26+,28-,30?/m1/s1. The number of carbonyl (C=O) groups is 2. The van der Waals surface area contributed by atoms with Gasteiger partial charge in [0, 0.05) is 37.7 Å². The van der Waals surface area contributed by atoms with Crippen LogP contribution in [0, 0.1) is 35.5 Å². The maximum atomic E-state index is 12.8. The lowest BCUT2D eigenvalue weighted by atomic mass is 9.78. The Hall–Kier alpha value is -1.90. The van der Waals surface area contributed by atoms with Crippen molar-refractivity contribution in [2.24, 2.45) is 23.7 Å². The van der Waals surface area contributed by atoms with Crippen LogP contribution in [0.4, 0.5) is 0 Å². The van der Waals surface area contributed by atoms with Crippen LogP contribution in [-0.4, -0.2) is 37.9 Å². The molecule has 6 atom stereocenters. The van der Waals surface area contributed by atoms with Crippen LogP contribution in [0.25, 0.3) is 0 Å². The molecule has 0 radical (unpaired) electrons. The van der Waals surface area contributed by atoms with E-state index >= 15 is 0 Å². The van der Waals surface area contributed by atoms with Gasteiger partial charge < -0.3 is 14.2 Å². The van der Waals surface area contributed by atoms with Gasteiger partial charge in [0.05, 0.1) is 13.2 Å². The second-order valence-electron chi connectivity index (χ2n) is 10.3. The molecule has 2 unspecified atom stereocenters. The van der Waals surface area contributed by atoms with E-state index in [1.165, 1.54) is 12.7 Å². The summed E-state index contributed by atoms with van der Waals surface area (Å²) < 4.78 is 17.2. The van der Waals surface area contributed by atoms with Crippen LogP contribution >= 0.6 is 0 Å². The summed E-state index contributed by atoms with van der Waals surface area (Å²) in [6.45, 7) is 4.77. The quantitative estimate of drug-likeness (QED) is 0.115. The molecule has 0 bridgehead atoms. The molecule has 0 spiro atoms. The van der Waals surface area contributed by atoms with Crippen LogP contribution < -0.4 is 0 Å². The number of hydrogen-bond donors (Lipinski definition) is 0. The summed E-state index contributed by atoms with van der Waals surface area (Å²) in [5.41, 5.74) is 1.51. The van der Waals surface area contributed by atoms with Crippen LogP contribution in [0.15, 0.2) is 23.8 Å². The fraction of sp³-hybridized carbons (Fsp3) is 0.733. The average Bonchev–Trinajstić information content (AvgIpc) is 3.21. The molecule has 0 aromatic rings. The SMILES string of the molecule is CCC#CCC(C)C(=O)C=C[C@H]1[C@H]2CCC(CCCCC(=O)OC)=C[C@@H]2C[C@H]1OC1CCCCO1. The Bertz CT molecular complexity index is 810. The monoisotopic (exact) mass is 484 g/mol. The predicted molar refractivity (Wildman–Crippen MR) is 137 cm³/mol. The lowest BCUT2D eigenvalue weighted by Crippen LogP contribution is -2.31. The molecule has 3 aliphatic rings. The minimum atomic E-state index is -0.126. The zero-order chi connectivity index (χ0) is 25.0. The lowest BCUT2D eigenvalue weighted by Gasteiger charge is -2.30. The van der Waals surface area contributed by atoms with E-state index in [-0.39, 0.29) is 36.0 Å². The first-order chi connectivity index (χ1) is 17.0. The Labute approximate surface area is 212 Å². The van der Waals surface area contributed by atoms with Gasteiger partial charge in [-0.25, -0.2) is 0 Å². The molecule has 1 saturated carbocycles. The molecule has 0 aromatic heterocycles. The van der Waals surface area contributed by atoms with E-state index in [9.17, 15) is 9.59 Å². The third-order valence-electron chi connectivity index (χ3n) is 7.73. The van der Waals surface area contributed by atoms with E-state index in [0.29, 0.717) is 24.7 Å². The maximum Gasteiger partial charge on any atom is 0.305 e. The highest BCUT2D eigenvalue weighted by Crippen LogP contribution is 2.48. The van der Waals surface area contributed by atoms with Gasteiger partial charge in [-0.2, -0.15) is 0 Å². The Morgan fingerprint density at radius 3 is 2.83 bits per heavy atom. The molecule has 35 heavy (non-hydrogen) atoms. The number of methoxy groups -OCH3 is 1. The molecule has 194 valence electrons. The van der Waals surface area contributed by atoms with Gasteiger partial charge in [-0.15, -0.1) is 11.8 Å². The molecule has 0 N–H and O–H groups in total. The third-order valence-corrected chi connectivity index (χ3v) is 7.73. The molecule has 0 aromatic carbocycles. The number of esters is 1. The van der Waals surface area contributed by atoms with Crippen LogP contribution in [0.1, 0.15) is 90.9 Å². The summed E-state index contributed by atoms with van der Waals surface area (Å²) in [6.07, 6.45) is 17.7. The van der Waals surface area contributed by atoms with E-state index in [4.69, 9.17) is 14.2 Å². The topological polar surface area (TPSA) is 61.8 Å². The van der Waals surface area contributed by atoms with Crippen molar-refractivity contribution in [1.29, 1.82) is 0 Å². The first-order valence-electron chi connectivity index (χ1n) is 13.7. The van der Waals surface area contributed by atoms with Crippen molar-refractivity contribution in [2.45, 2.75) is 103 Å². The van der Waals surface area contributed by atoms with Gasteiger partial charge >= 0.3 is 5.97 Å². The molecular formula is C30H44O5. The fourth-order valence-corrected chi connectivity index (χ4v) is 5.68. The van der Waals surface area contributed by atoms with E-state index in [0.717, 1.165) is 70.8 Å². The molecule has 5 heteroatoms. The van der Waals surface area contributed by atoms with E-state index < -0.39 is 0 Å². The molecule has 2 fully saturated rings. The second-order valence-corrected chi connectivity index (χ2v) is 10.3. The fourth-order valence-electron chi connectivity index (χ4n) is 5.68. The first kappa shape index (κ1) is 27.7. The molecular weight excluding hydrogens is 440 g/mol. The molecule has 3 rings (SSSR count). The van der Waals surface area contributed by atoms with Gasteiger partial charge in [0.2, 0.25) is 0 Å². The van der Waals surface area contributed by atoms with Gasteiger partial charge in [0.15, 0.2) is 12.1 Å². The first-order valence-corrected chi connectivity index (χ1v) is 13.7. The Balaban J connectivity index is 1.63. The second kappa shape index (κ2) is 14.6. The number of hydrogen-bond acceptors (Lipinski definition) is 5. The summed E-state index contributed by atoms with van der Waals surface area (Å²) in [7, 11) is 1.45. The summed E-state index contributed by atoms with van der Waals surface area (Å²) in [5, 5.41) is 0. The minimum absolute atomic E-state index is 0.0774. The van der Waals surface area contributed by atoms with E-state index in [1.807, 2.05) is 13.8 Å². The number of allylic oxidation sites excluding steroid dienone is 3. The summed E-state index contributed by atoms with van der Waals surface area (Å²) >= 11 is 0. The maximum absolute atomic E-state index is 12.8. The molecule has 1 aliphatic heterocycles. The lowest BCUT2D eigenvalue weighted by molar-refractivity contribution is -0.192.